The van der Waals surface area contributed by atoms with Crippen LogP contribution in [0, 0.1) is 17.3 Å². The van der Waals surface area contributed by atoms with E-state index >= 15 is 0 Å². The van der Waals surface area contributed by atoms with Gasteiger partial charge in [0.05, 0.1) is 26.1 Å². The molecule has 0 radical (unpaired) electrons. The second kappa shape index (κ2) is 7.11. The molecule has 1 saturated carbocycles. The molecule has 0 aliphatic heterocycles. The summed E-state index contributed by atoms with van der Waals surface area (Å²) in [6.07, 6.45) is 2.96. The zero-order valence-corrected chi connectivity index (χ0v) is 14.4. The summed E-state index contributed by atoms with van der Waals surface area (Å²) in [5.41, 5.74) is 1.37. The first-order valence-electron chi connectivity index (χ1n) is 7.75. The molecule has 0 saturated heterocycles. The monoisotopic (exact) mass is 326 g/mol. The highest BCUT2D eigenvalue weighted by Crippen LogP contribution is 2.52. The Balaban J connectivity index is 1.69. The van der Waals surface area contributed by atoms with Crippen LogP contribution < -0.4 is 0 Å². The summed E-state index contributed by atoms with van der Waals surface area (Å²) in [6, 6.07) is 10.2. The van der Waals surface area contributed by atoms with Crippen LogP contribution in [0.5, 0.6) is 0 Å². The third kappa shape index (κ3) is 4.80. The first-order chi connectivity index (χ1) is 10.3. The molecule has 0 spiro atoms. The second-order valence-electron chi connectivity index (χ2n) is 6.77. The molecule has 1 fully saturated rings. The molecule has 1 aromatic rings. The van der Waals surface area contributed by atoms with E-state index in [9.17, 15) is 8.42 Å². The Morgan fingerprint density at radius 2 is 1.86 bits per heavy atom. The zero-order valence-electron chi connectivity index (χ0n) is 13.6. The minimum Gasteiger partial charge on any atom is -0.376 e. The van der Waals surface area contributed by atoms with E-state index in [-0.39, 0.29) is 12.0 Å². The van der Waals surface area contributed by atoms with Gasteiger partial charge < -0.3 is 4.74 Å². The average molecular weight is 326 g/mol. The number of ether oxygens (including phenoxy) is 1. The summed E-state index contributed by atoms with van der Waals surface area (Å²) in [4.78, 5) is 0. The fraction of sp³-hybridized carbons (Fsp3) is 0.647. The van der Waals surface area contributed by atoms with Crippen molar-refractivity contribution in [1.29, 1.82) is 0 Å². The molecule has 4 nitrogen and oxygen atoms in total. The van der Waals surface area contributed by atoms with Gasteiger partial charge >= 0.3 is 0 Å². The molecule has 0 bridgehead atoms. The lowest BCUT2D eigenvalue weighted by molar-refractivity contribution is -0.0811. The first-order valence-corrected chi connectivity index (χ1v) is 9.57. The van der Waals surface area contributed by atoms with Crippen molar-refractivity contribution in [2.45, 2.75) is 33.3 Å². The van der Waals surface area contributed by atoms with E-state index in [1.807, 2.05) is 18.2 Å². The summed E-state index contributed by atoms with van der Waals surface area (Å²) in [7, 11) is -3.32. The quantitative estimate of drug-likeness (QED) is 0.688. The van der Waals surface area contributed by atoms with Crippen LogP contribution in [0.15, 0.2) is 30.3 Å². The van der Waals surface area contributed by atoms with Gasteiger partial charge in [0.15, 0.2) is 0 Å². The number of hydrogen-bond donors (Lipinski definition) is 0. The van der Waals surface area contributed by atoms with E-state index in [0.29, 0.717) is 18.4 Å². The molecule has 124 valence electrons. The molecule has 1 aliphatic carbocycles. The van der Waals surface area contributed by atoms with Crippen molar-refractivity contribution in [3.63, 3.8) is 0 Å². The Morgan fingerprint density at radius 1 is 1.18 bits per heavy atom. The summed E-state index contributed by atoms with van der Waals surface area (Å²) in [6.45, 7) is 6.15. The molecule has 5 heteroatoms. The van der Waals surface area contributed by atoms with Crippen LogP contribution in [0.25, 0.3) is 0 Å². The van der Waals surface area contributed by atoms with Crippen LogP contribution in [0.3, 0.4) is 0 Å². The fourth-order valence-corrected chi connectivity index (χ4v) is 3.53. The van der Waals surface area contributed by atoms with Gasteiger partial charge in [-0.1, -0.05) is 44.2 Å². The van der Waals surface area contributed by atoms with Gasteiger partial charge in [0.25, 0.3) is 10.1 Å². The minimum absolute atomic E-state index is 0.178. The van der Waals surface area contributed by atoms with Gasteiger partial charge in [0.2, 0.25) is 0 Å². The van der Waals surface area contributed by atoms with E-state index in [0.717, 1.165) is 25.7 Å². The lowest BCUT2D eigenvalue weighted by Gasteiger charge is -2.52. The zero-order chi connectivity index (χ0) is 16.2. The highest BCUT2D eigenvalue weighted by atomic mass is 32.2. The van der Waals surface area contributed by atoms with Crippen molar-refractivity contribution < 1.29 is 17.3 Å². The lowest BCUT2D eigenvalue weighted by Crippen LogP contribution is -2.47. The third-order valence-corrected chi connectivity index (χ3v) is 5.46. The molecule has 22 heavy (non-hydrogen) atoms. The summed E-state index contributed by atoms with van der Waals surface area (Å²) >= 11 is 0. The smallest absolute Gasteiger partial charge is 0.264 e. The maximum absolute atomic E-state index is 11.0. The molecular weight excluding hydrogens is 300 g/mol. The number of hydrogen-bond acceptors (Lipinski definition) is 4. The van der Waals surface area contributed by atoms with Gasteiger partial charge in [-0.25, -0.2) is 0 Å². The van der Waals surface area contributed by atoms with E-state index in [2.05, 4.69) is 26.0 Å². The molecule has 0 N–H and O–H groups in total. The third-order valence-electron chi connectivity index (χ3n) is 4.87. The van der Waals surface area contributed by atoms with Gasteiger partial charge in [0, 0.05) is 0 Å². The molecule has 0 aromatic heterocycles. The predicted octanol–water partition coefficient (Wildman–Crippen LogP) is 3.23. The van der Waals surface area contributed by atoms with Crippen LogP contribution in [-0.2, 0) is 25.6 Å². The Morgan fingerprint density at radius 3 is 2.45 bits per heavy atom. The van der Waals surface area contributed by atoms with Crippen LogP contribution in [0.4, 0.5) is 0 Å². The Bertz CT molecular complexity index is 566. The van der Waals surface area contributed by atoms with Crippen molar-refractivity contribution >= 4 is 10.1 Å². The van der Waals surface area contributed by atoms with Gasteiger partial charge in [-0.2, -0.15) is 8.42 Å². The predicted molar refractivity (Wildman–Crippen MR) is 86.9 cm³/mol. The van der Waals surface area contributed by atoms with Gasteiger partial charge in [-0.05, 0) is 35.7 Å². The van der Waals surface area contributed by atoms with Crippen molar-refractivity contribution in [3.8, 4) is 0 Å². The first kappa shape index (κ1) is 17.4. The molecule has 0 unspecified atom stereocenters. The second-order valence-corrected chi connectivity index (χ2v) is 8.41. The molecular formula is C17H26O4S. The van der Waals surface area contributed by atoms with Crippen molar-refractivity contribution in [1.82, 2.24) is 0 Å². The Labute approximate surface area is 134 Å². The maximum Gasteiger partial charge on any atom is 0.264 e. The van der Waals surface area contributed by atoms with E-state index < -0.39 is 10.1 Å². The highest BCUT2D eigenvalue weighted by molar-refractivity contribution is 7.85. The summed E-state index contributed by atoms with van der Waals surface area (Å²) in [5, 5.41) is 0. The van der Waals surface area contributed by atoms with Gasteiger partial charge in [0.1, 0.15) is 0 Å². The topological polar surface area (TPSA) is 52.6 Å². The lowest BCUT2D eigenvalue weighted by atomic mass is 9.54. The van der Waals surface area contributed by atoms with Gasteiger partial charge in [-0.15, -0.1) is 0 Å². The fourth-order valence-electron chi connectivity index (χ4n) is 3.13. The number of rotatable bonds is 8. The van der Waals surface area contributed by atoms with Crippen molar-refractivity contribution in [3.05, 3.63) is 35.9 Å². The molecule has 2 rings (SSSR count). The molecule has 0 heterocycles. The number of benzene rings is 1. The molecule has 1 aliphatic rings. The largest absolute Gasteiger partial charge is 0.376 e. The molecule has 0 amide bonds. The normalized spacial score (nSPS) is 24.0. The SMILES string of the molecule is CC1(C)[C@H](COCc2ccccc2)C[C@@H]1CCOS(C)(=O)=O. The Kier molecular flexibility index (Phi) is 5.64. The summed E-state index contributed by atoms with van der Waals surface area (Å²) in [5.74, 6) is 1.03. The van der Waals surface area contributed by atoms with Crippen LogP contribution in [0.2, 0.25) is 0 Å². The van der Waals surface area contributed by atoms with Crippen LogP contribution in [-0.4, -0.2) is 27.9 Å². The highest BCUT2D eigenvalue weighted by Gasteiger charge is 2.47. The summed E-state index contributed by atoms with van der Waals surface area (Å²) < 4.78 is 32.6. The molecule has 1 aromatic carbocycles. The molecule has 2 atom stereocenters. The standard InChI is InChI=1S/C17H26O4S/c1-17(2)15(9-10-21-22(3,18)19)11-16(17)13-20-12-14-7-5-4-6-8-14/h4-8,15-16H,9-13H2,1-3H3/t15-,16-/m0/s1. The van der Waals surface area contributed by atoms with E-state index in [4.69, 9.17) is 8.92 Å². The maximum atomic E-state index is 11.0. The van der Waals surface area contributed by atoms with Crippen molar-refractivity contribution in [2.75, 3.05) is 19.5 Å². The minimum atomic E-state index is -3.32. The van der Waals surface area contributed by atoms with E-state index in [1.54, 1.807) is 0 Å². The van der Waals surface area contributed by atoms with Crippen LogP contribution in [0.1, 0.15) is 32.3 Å². The average Bonchev–Trinajstić information content (AvgIpc) is 2.44. The van der Waals surface area contributed by atoms with Gasteiger partial charge in [-0.3, -0.25) is 4.18 Å². The van der Waals surface area contributed by atoms with Crippen LogP contribution >= 0.6 is 0 Å². The Hall–Kier alpha value is -0.910. The van der Waals surface area contributed by atoms with Crippen molar-refractivity contribution in [2.24, 2.45) is 17.3 Å². The van der Waals surface area contributed by atoms with E-state index in [1.165, 1.54) is 5.56 Å².